The van der Waals surface area contributed by atoms with E-state index in [9.17, 15) is 9.59 Å². The van der Waals surface area contributed by atoms with Crippen LogP contribution in [0.25, 0.3) is 0 Å². The van der Waals surface area contributed by atoms with E-state index in [1.165, 1.54) is 0 Å². The molecule has 8 heteroatoms. The number of ether oxygens (including phenoxy) is 1. The van der Waals surface area contributed by atoms with Crippen molar-refractivity contribution >= 4 is 17.6 Å². The normalized spacial score (nSPS) is 23.7. The Kier molecular flexibility index (Phi) is 4.31. The van der Waals surface area contributed by atoms with E-state index < -0.39 is 0 Å². The van der Waals surface area contributed by atoms with Crippen LogP contribution in [0.4, 0.5) is 5.82 Å². The topological polar surface area (TPSA) is 87.7 Å². The molecule has 124 valence electrons. The van der Waals surface area contributed by atoms with Gasteiger partial charge in [-0.2, -0.15) is 4.98 Å². The smallest absolute Gasteiger partial charge is 0.245 e. The molecule has 0 radical (unpaired) electrons. The molecule has 2 atom stereocenters. The molecule has 1 aromatic rings. The van der Waals surface area contributed by atoms with Crippen LogP contribution in [0.15, 0.2) is 12.4 Å². The second-order valence-corrected chi connectivity index (χ2v) is 6.08. The largest absolute Gasteiger partial charge is 0.471 e. The van der Waals surface area contributed by atoms with E-state index in [0.717, 1.165) is 12.2 Å². The maximum atomic E-state index is 12.4. The van der Waals surface area contributed by atoms with Crippen molar-refractivity contribution in [3.05, 3.63) is 12.4 Å². The van der Waals surface area contributed by atoms with Gasteiger partial charge in [-0.05, 0) is 6.42 Å². The van der Waals surface area contributed by atoms with Crippen LogP contribution < -0.4 is 15.0 Å². The van der Waals surface area contributed by atoms with Gasteiger partial charge in [0, 0.05) is 33.5 Å². The Bertz CT molecular complexity index is 607. The SMILES string of the molecule is CN(C)c1cncc(O[C@@H]2CCN(C(=O)[C@@H]3CCC(=O)N3)C2)n1. The van der Waals surface area contributed by atoms with Crippen LogP contribution in [0.2, 0.25) is 0 Å². The molecule has 0 bridgehead atoms. The summed E-state index contributed by atoms with van der Waals surface area (Å²) in [6.45, 7) is 1.15. The molecule has 2 amide bonds. The van der Waals surface area contributed by atoms with Gasteiger partial charge in [0.2, 0.25) is 17.7 Å². The predicted octanol–water partition coefficient (Wildman–Crippen LogP) is -0.199. The zero-order valence-electron chi connectivity index (χ0n) is 13.4. The maximum Gasteiger partial charge on any atom is 0.245 e. The zero-order valence-corrected chi connectivity index (χ0v) is 13.4. The molecule has 0 saturated carbocycles. The second kappa shape index (κ2) is 6.39. The Morgan fingerprint density at radius 1 is 1.39 bits per heavy atom. The van der Waals surface area contributed by atoms with Gasteiger partial charge in [-0.3, -0.25) is 14.6 Å². The fourth-order valence-corrected chi connectivity index (χ4v) is 2.83. The van der Waals surface area contributed by atoms with E-state index in [1.807, 2.05) is 19.0 Å². The number of carbonyl (C=O) groups excluding carboxylic acids is 2. The number of carbonyl (C=O) groups is 2. The number of likely N-dealkylation sites (tertiary alicyclic amines) is 1. The number of hydrogen-bond acceptors (Lipinski definition) is 6. The van der Waals surface area contributed by atoms with Crippen LogP contribution in [0, 0.1) is 0 Å². The van der Waals surface area contributed by atoms with E-state index >= 15 is 0 Å². The molecule has 0 unspecified atom stereocenters. The van der Waals surface area contributed by atoms with Gasteiger partial charge < -0.3 is 19.9 Å². The summed E-state index contributed by atoms with van der Waals surface area (Å²) in [5.41, 5.74) is 0. The Morgan fingerprint density at radius 3 is 2.91 bits per heavy atom. The minimum atomic E-state index is -0.377. The van der Waals surface area contributed by atoms with Crippen molar-refractivity contribution in [3.8, 4) is 5.88 Å². The average molecular weight is 319 g/mol. The number of amides is 2. The predicted molar refractivity (Wildman–Crippen MR) is 83.1 cm³/mol. The average Bonchev–Trinajstić information content (AvgIpc) is 3.16. The van der Waals surface area contributed by atoms with Gasteiger partial charge in [-0.15, -0.1) is 0 Å². The van der Waals surface area contributed by atoms with Crippen molar-refractivity contribution in [3.63, 3.8) is 0 Å². The summed E-state index contributed by atoms with van der Waals surface area (Å²) in [4.78, 5) is 35.7. The van der Waals surface area contributed by atoms with Crippen LogP contribution in [-0.2, 0) is 9.59 Å². The summed E-state index contributed by atoms with van der Waals surface area (Å²) >= 11 is 0. The van der Waals surface area contributed by atoms with E-state index in [2.05, 4.69) is 15.3 Å². The van der Waals surface area contributed by atoms with Gasteiger partial charge in [0.25, 0.3) is 0 Å². The van der Waals surface area contributed by atoms with Gasteiger partial charge in [0.15, 0.2) is 5.82 Å². The van der Waals surface area contributed by atoms with Crippen LogP contribution in [0.5, 0.6) is 5.88 Å². The fraction of sp³-hybridized carbons (Fsp3) is 0.600. The van der Waals surface area contributed by atoms with E-state index in [0.29, 0.717) is 31.8 Å². The van der Waals surface area contributed by atoms with Gasteiger partial charge in [-0.1, -0.05) is 0 Å². The van der Waals surface area contributed by atoms with E-state index in [4.69, 9.17) is 4.74 Å². The highest BCUT2D eigenvalue weighted by Crippen LogP contribution is 2.20. The highest BCUT2D eigenvalue weighted by Gasteiger charge is 2.35. The molecule has 0 spiro atoms. The molecule has 3 rings (SSSR count). The van der Waals surface area contributed by atoms with Gasteiger partial charge in [-0.25, -0.2) is 0 Å². The Labute approximate surface area is 134 Å². The zero-order chi connectivity index (χ0) is 16.4. The quantitative estimate of drug-likeness (QED) is 0.827. The van der Waals surface area contributed by atoms with Crippen LogP contribution in [-0.4, -0.2) is 66.0 Å². The Hall–Kier alpha value is -2.38. The molecular weight excluding hydrogens is 298 g/mol. The molecule has 8 nitrogen and oxygen atoms in total. The van der Waals surface area contributed by atoms with Crippen molar-refractivity contribution < 1.29 is 14.3 Å². The summed E-state index contributed by atoms with van der Waals surface area (Å²) in [7, 11) is 3.78. The lowest BCUT2D eigenvalue weighted by Gasteiger charge is -2.20. The van der Waals surface area contributed by atoms with Crippen LogP contribution in [0.3, 0.4) is 0 Å². The standard InChI is InChI=1S/C15H21N5O3/c1-19(2)12-7-16-8-14(18-12)23-10-5-6-20(9-10)15(22)11-3-4-13(21)17-11/h7-8,10-11H,3-6,9H2,1-2H3,(H,17,21)/t10-,11+/m1/s1. The lowest BCUT2D eigenvalue weighted by molar-refractivity contribution is -0.133. The first-order valence-corrected chi connectivity index (χ1v) is 7.77. The number of rotatable bonds is 4. The third-order valence-corrected chi connectivity index (χ3v) is 4.10. The number of anilines is 1. The minimum Gasteiger partial charge on any atom is -0.471 e. The Balaban J connectivity index is 1.56. The molecule has 1 aromatic heterocycles. The van der Waals surface area contributed by atoms with Crippen molar-refractivity contribution in [2.24, 2.45) is 0 Å². The molecule has 2 fully saturated rings. The van der Waals surface area contributed by atoms with Gasteiger partial charge >= 0.3 is 0 Å². The molecule has 1 N–H and O–H groups in total. The maximum absolute atomic E-state index is 12.4. The molecule has 2 aliphatic rings. The highest BCUT2D eigenvalue weighted by atomic mass is 16.5. The summed E-state index contributed by atoms with van der Waals surface area (Å²) in [6, 6.07) is -0.377. The third kappa shape index (κ3) is 3.52. The number of hydrogen-bond donors (Lipinski definition) is 1. The lowest BCUT2D eigenvalue weighted by atomic mass is 10.2. The van der Waals surface area contributed by atoms with E-state index in [1.54, 1.807) is 17.3 Å². The summed E-state index contributed by atoms with van der Waals surface area (Å²) in [5, 5.41) is 2.72. The first-order chi connectivity index (χ1) is 11.0. The van der Waals surface area contributed by atoms with Crippen molar-refractivity contribution in [1.29, 1.82) is 0 Å². The first kappa shape index (κ1) is 15.5. The molecule has 2 saturated heterocycles. The third-order valence-electron chi connectivity index (χ3n) is 4.10. The number of aromatic nitrogens is 2. The van der Waals surface area contributed by atoms with Crippen molar-refractivity contribution in [1.82, 2.24) is 20.2 Å². The van der Waals surface area contributed by atoms with Crippen molar-refractivity contribution in [2.45, 2.75) is 31.4 Å². The molecule has 0 aliphatic carbocycles. The molecule has 3 heterocycles. The van der Waals surface area contributed by atoms with Crippen LogP contribution >= 0.6 is 0 Å². The number of nitrogens with zero attached hydrogens (tertiary/aromatic N) is 4. The fourth-order valence-electron chi connectivity index (χ4n) is 2.83. The van der Waals surface area contributed by atoms with Gasteiger partial charge in [0.1, 0.15) is 12.1 Å². The molecule has 23 heavy (non-hydrogen) atoms. The number of nitrogens with one attached hydrogen (secondary N) is 1. The molecular formula is C15H21N5O3. The first-order valence-electron chi connectivity index (χ1n) is 7.77. The van der Waals surface area contributed by atoms with Crippen LogP contribution in [0.1, 0.15) is 19.3 Å². The monoisotopic (exact) mass is 319 g/mol. The lowest BCUT2D eigenvalue weighted by Crippen LogP contribution is -2.44. The second-order valence-electron chi connectivity index (χ2n) is 6.08. The minimum absolute atomic E-state index is 0.0184. The van der Waals surface area contributed by atoms with E-state index in [-0.39, 0.29) is 24.0 Å². The molecule has 2 aliphatic heterocycles. The summed E-state index contributed by atoms with van der Waals surface area (Å²) < 4.78 is 5.85. The van der Waals surface area contributed by atoms with Gasteiger partial charge in [0.05, 0.1) is 18.9 Å². The summed E-state index contributed by atoms with van der Waals surface area (Å²) in [5.74, 6) is 1.12. The highest BCUT2D eigenvalue weighted by molar-refractivity contribution is 5.90. The van der Waals surface area contributed by atoms with Crippen molar-refractivity contribution in [2.75, 3.05) is 32.1 Å². The Morgan fingerprint density at radius 2 is 2.22 bits per heavy atom. The summed E-state index contributed by atoms with van der Waals surface area (Å²) in [6.07, 6.45) is 4.91. The molecule has 0 aromatic carbocycles.